The number of allylic oxidation sites excluding steroid dienone is 2. The van der Waals surface area contributed by atoms with Gasteiger partial charge in [-0.05, 0) is 69.3 Å². The van der Waals surface area contributed by atoms with Crippen LogP contribution in [-0.4, -0.2) is 15.9 Å². The zero-order valence-electron chi connectivity index (χ0n) is 25.9. The summed E-state index contributed by atoms with van der Waals surface area (Å²) in [5.74, 6) is 0.308. The molecule has 0 bridgehead atoms. The van der Waals surface area contributed by atoms with E-state index in [2.05, 4.69) is 120 Å². The fraction of sp³-hybridized carbons (Fsp3) is 0.231. The van der Waals surface area contributed by atoms with Gasteiger partial charge >= 0.3 is 0 Å². The van der Waals surface area contributed by atoms with Gasteiger partial charge in [-0.25, -0.2) is 0 Å². The predicted octanol–water partition coefficient (Wildman–Crippen LogP) is 10.6. The molecule has 0 atom stereocenters. The number of hydrogen-bond donors (Lipinski definition) is 1. The van der Waals surface area contributed by atoms with E-state index >= 15 is 0 Å². The Hall–Kier alpha value is -3.85. The minimum absolute atomic E-state index is 0. The molecule has 0 unspecified atom stereocenters. The Balaban J connectivity index is 0.000000475. The summed E-state index contributed by atoms with van der Waals surface area (Å²) in [6.45, 7) is 14.2. The van der Waals surface area contributed by atoms with Gasteiger partial charge < -0.3 is 10.1 Å². The van der Waals surface area contributed by atoms with E-state index in [-0.39, 0.29) is 37.1 Å². The molecule has 43 heavy (non-hydrogen) atoms. The molecule has 6 aromatic rings. The molecular formula is C39H38IrNO2-. The number of aliphatic hydroxyl groups is 1. The van der Waals surface area contributed by atoms with Crippen LogP contribution in [0, 0.1) is 6.07 Å². The number of aromatic nitrogens is 1. The van der Waals surface area contributed by atoms with Crippen LogP contribution in [0.1, 0.15) is 65.5 Å². The van der Waals surface area contributed by atoms with Gasteiger partial charge in [0.2, 0.25) is 0 Å². The fourth-order valence-electron chi connectivity index (χ4n) is 5.85. The van der Waals surface area contributed by atoms with E-state index in [0.29, 0.717) is 5.92 Å². The number of benzene rings is 5. The molecule has 4 heteroatoms. The summed E-state index contributed by atoms with van der Waals surface area (Å²) in [5, 5.41) is 18.5. The van der Waals surface area contributed by atoms with Crippen LogP contribution in [0.2, 0.25) is 0 Å². The molecule has 1 N–H and O–H groups in total. The monoisotopic (exact) mass is 745 g/mol. The van der Waals surface area contributed by atoms with E-state index in [0.717, 1.165) is 11.3 Å². The number of carbonyl (C=O) groups is 1. The van der Waals surface area contributed by atoms with Crippen molar-refractivity contribution >= 4 is 48.9 Å². The molecule has 1 aromatic heterocycles. The first kappa shape index (κ1) is 32.1. The molecule has 0 aliphatic heterocycles. The number of aliphatic hydroxyl groups excluding tert-OH is 1. The summed E-state index contributed by atoms with van der Waals surface area (Å²) in [4.78, 5) is 14.9. The Bertz CT molecular complexity index is 1990. The van der Waals surface area contributed by atoms with E-state index in [1.54, 1.807) is 0 Å². The van der Waals surface area contributed by atoms with Gasteiger partial charge in [0, 0.05) is 32.4 Å². The van der Waals surface area contributed by atoms with E-state index in [1.807, 2.05) is 6.20 Å². The quantitative estimate of drug-likeness (QED) is 0.0850. The zero-order chi connectivity index (χ0) is 30.2. The van der Waals surface area contributed by atoms with Crippen LogP contribution < -0.4 is 0 Å². The van der Waals surface area contributed by atoms with Crippen molar-refractivity contribution in [3.63, 3.8) is 0 Å². The van der Waals surface area contributed by atoms with Crippen molar-refractivity contribution in [2.75, 3.05) is 0 Å². The van der Waals surface area contributed by atoms with E-state index in [9.17, 15) is 4.79 Å². The molecule has 1 radical (unpaired) electrons. The van der Waals surface area contributed by atoms with Crippen molar-refractivity contribution in [3.8, 4) is 11.3 Å². The maximum atomic E-state index is 10.0. The van der Waals surface area contributed by atoms with Crippen LogP contribution in [0.25, 0.3) is 54.3 Å². The van der Waals surface area contributed by atoms with Crippen LogP contribution in [0.4, 0.5) is 0 Å². The maximum absolute atomic E-state index is 10.0. The molecule has 3 nitrogen and oxygen atoms in total. The Morgan fingerprint density at radius 2 is 1.42 bits per heavy atom. The number of carbonyl (C=O) groups excluding carboxylic acids is 1. The molecule has 0 saturated carbocycles. The molecule has 0 aliphatic carbocycles. The summed E-state index contributed by atoms with van der Waals surface area (Å²) in [6, 6.07) is 32.6. The van der Waals surface area contributed by atoms with Gasteiger partial charge in [-0.2, -0.15) is 0 Å². The van der Waals surface area contributed by atoms with Gasteiger partial charge in [-0.15, -0.1) is 23.3 Å². The normalized spacial score (nSPS) is 12.0. The minimum Gasteiger partial charge on any atom is -0.512 e. The first-order valence-corrected chi connectivity index (χ1v) is 14.5. The van der Waals surface area contributed by atoms with Crippen molar-refractivity contribution in [2.24, 2.45) is 0 Å². The van der Waals surface area contributed by atoms with Gasteiger partial charge in [-0.3, -0.25) is 4.79 Å². The molecule has 0 spiro atoms. The molecule has 0 aliphatic rings. The number of fused-ring (bicyclic) bond motifs is 6. The Morgan fingerprint density at radius 3 is 2.07 bits per heavy atom. The van der Waals surface area contributed by atoms with Gasteiger partial charge in [0.15, 0.2) is 5.78 Å². The maximum Gasteiger partial charge on any atom is 0.155 e. The standard InChI is InChI=1S/C34H30N.C5H8O2.Ir/c1-21(2)30-19-23(20-31-25(30)11-8-12-32(31)34(3,4)5)33-29-16-15-26-24-10-7-6-9-22(24)13-14-27(26)28(29)17-18-35-33;1-4(6)3-5(2)7;/h6-18,20-21H,1-5H3;3,6H,1-2H3;/q-1;;/b;4-3-;. The number of pyridine rings is 1. The second-order valence-corrected chi connectivity index (χ2v) is 12.4. The number of nitrogens with zero attached hydrogens (tertiary/aromatic N) is 1. The second-order valence-electron chi connectivity index (χ2n) is 12.4. The predicted molar refractivity (Wildman–Crippen MR) is 178 cm³/mol. The average molecular weight is 745 g/mol. The van der Waals surface area contributed by atoms with Crippen LogP contribution in [0.5, 0.6) is 0 Å². The van der Waals surface area contributed by atoms with Gasteiger partial charge in [0.1, 0.15) is 0 Å². The van der Waals surface area contributed by atoms with Crippen molar-refractivity contribution in [1.82, 2.24) is 4.98 Å². The largest absolute Gasteiger partial charge is 0.512 e. The second kappa shape index (κ2) is 12.8. The topological polar surface area (TPSA) is 50.2 Å². The number of hydrogen-bond acceptors (Lipinski definition) is 3. The van der Waals surface area contributed by atoms with Crippen LogP contribution in [0.3, 0.4) is 0 Å². The van der Waals surface area contributed by atoms with Crippen LogP contribution in [-0.2, 0) is 30.3 Å². The molecule has 6 rings (SSSR count). The third-order valence-electron chi connectivity index (χ3n) is 7.67. The van der Waals surface area contributed by atoms with Gasteiger partial charge in [-0.1, -0.05) is 118 Å². The first-order chi connectivity index (χ1) is 20.0. The molecule has 221 valence electrons. The van der Waals surface area contributed by atoms with Gasteiger partial charge in [0.05, 0.1) is 5.76 Å². The van der Waals surface area contributed by atoms with Gasteiger partial charge in [0.25, 0.3) is 0 Å². The summed E-state index contributed by atoms with van der Waals surface area (Å²) < 4.78 is 0. The summed E-state index contributed by atoms with van der Waals surface area (Å²) >= 11 is 0. The average Bonchev–Trinajstić information content (AvgIpc) is 2.94. The fourth-order valence-corrected chi connectivity index (χ4v) is 5.85. The summed E-state index contributed by atoms with van der Waals surface area (Å²) in [6.07, 6.45) is 3.12. The first-order valence-electron chi connectivity index (χ1n) is 14.5. The third-order valence-corrected chi connectivity index (χ3v) is 7.67. The van der Waals surface area contributed by atoms with Crippen LogP contribution in [0.15, 0.2) is 96.9 Å². The zero-order valence-corrected chi connectivity index (χ0v) is 28.3. The summed E-state index contributed by atoms with van der Waals surface area (Å²) in [5.41, 5.74) is 4.75. The third kappa shape index (κ3) is 6.56. The molecule has 0 saturated heterocycles. The van der Waals surface area contributed by atoms with E-state index in [1.165, 1.54) is 74.1 Å². The number of rotatable bonds is 3. The van der Waals surface area contributed by atoms with Crippen molar-refractivity contribution in [3.05, 3.63) is 114 Å². The van der Waals surface area contributed by atoms with Crippen molar-refractivity contribution < 1.29 is 30.0 Å². The Kier molecular flexibility index (Phi) is 9.54. The molecule has 0 fully saturated rings. The Labute approximate surface area is 268 Å². The van der Waals surface area contributed by atoms with Crippen LogP contribution >= 0.6 is 0 Å². The molecule has 0 amide bonds. The number of ketones is 1. The van der Waals surface area contributed by atoms with E-state index < -0.39 is 0 Å². The molecule has 5 aromatic carbocycles. The van der Waals surface area contributed by atoms with Crippen molar-refractivity contribution in [2.45, 2.75) is 59.8 Å². The smallest absolute Gasteiger partial charge is 0.155 e. The molecule has 1 heterocycles. The Morgan fingerprint density at radius 1 is 0.791 bits per heavy atom. The molecular weight excluding hydrogens is 707 g/mol. The van der Waals surface area contributed by atoms with Crippen molar-refractivity contribution in [1.29, 1.82) is 0 Å². The van der Waals surface area contributed by atoms with E-state index in [4.69, 9.17) is 10.1 Å². The minimum atomic E-state index is -0.125. The SMILES string of the molecule is CC(=O)/C=C(/C)O.CC(C)c1[c-]c(-c2nccc3c2ccc2c4ccccc4ccc32)cc2c(C(C)(C)C)cccc12.[Ir]. The summed E-state index contributed by atoms with van der Waals surface area (Å²) in [7, 11) is 0.